The molecular formula is C18H17ClFN5O2S. The average Bonchev–Trinajstić information content (AvgIpc) is 3.04. The van der Waals surface area contributed by atoms with E-state index in [4.69, 9.17) is 22.2 Å². The van der Waals surface area contributed by atoms with Crippen molar-refractivity contribution in [2.75, 3.05) is 24.0 Å². The number of carbonyl (C=O) groups is 1. The van der Waals surface area contributed by atoms with Crippen molar-refractivity contribution in [2.45, 2.75) is 12.1 Å². The summed E-state index contributed by atoms with van der Waals surface area (Å²) in [7, 11) is 1.50. The van der Waals surface area contributed by atoms with Crippen molar-refractivity contribution in [1.29, 1.82) is 0 Å². The Hall–Kier alpha value is -2.78. The van der Waals surface area contributed by atoms with Gasteiger partial charge in [-0.2, -0.15) is 0 Å². The van der Waals surface area contributed by atoms with Crippen LogP contribution in [-0.2, 0) is 4.79 Å². The Morgan fingerprint density at radius 2 is 2.04 bits per heavy atom. The van der Waals surface area contributed by atoms with Gasteiger partial charge in [0.1, 0.15) is 11.6 Å². The number of rotatable bonds is 6. The number of ether oxygens (including phenoxy) is 1. The Morgan fingerprint density at radius 1 is 1.32 bits per heavy atom. The Kier molecular flexibility index (Phi) is 6.05. The summed E-state index contributed by atoms with van der Waals surface area (Å²) in [4.78, 5) is 12.3. The van der Waals surface area contributed by atoms with E-state index in [1.165, 1.54) is 23.9 Å². The number of hydrogen-bond acceptors (Lipinski definition) is 6. The first-order chi connectivity index (χ1) is 13.4. The van der Waals surface area contributed by atoms with Gasteiger partial charge in [-0.15, -0.1) is 10.2 Å². The number of nitrogens with one attached hydrogen (secondary N) is 1. The summed E-state index contributed by atoms with van der Waals surface area (Å²) in [5.74, 6) is 6.28. The van der Waals surface area contributed by atoms with Crippen molar-refractivity contribution in [3.8, 4) is 17.1 Å². The molecule has 0 spiro atoms. The van der Waals surface area contributed by atoms with Crippen LogP contribution in [0.1, 0.15) is 5.56 Å². The molecule has 1 amide bonds. The summed E-state index contributed by atoms with van der Waals surface area (Å²) < 4.78 is 19.6. The molecule has 0 aliphatic heterocycles. The van der Waals surface area contributed by atoms with E-state index >= 15 is 0 Å². The van der Waals surface area contributed by atoms with E-state index in [9.17, 15) is 9.18 Å². The summed E-state index contributed by atoms with van der Waals surface area (Å²) in [6.07, 6.45) is 0. The van der Waals surface area contributed by atoms with Crippen LogP contribution in [0.3, 0.4) is 0 Å². The number of nitrogens with zero attached hydrogens (tertiary/aromatic N) is 3. The van der Waals surface area contributed by atoms with E-state index in [1.807, 2.05) is 6.92 Å². The first-order valence-corrected chi connectivity index (χ1v) is 9.48. The summed E-state index contributed by atoms with van der Waals surface area (Å²) in [6.45, 7) is 1.83. The van der Waals surface area contributed by atoms with Crippen LogP contribution in [0.25, 0.3) is 11.4 Å². The maximum Gasteiger partial charge on any atom is 0.234 e. The zero-order chi connectivity index (χ0) is 20.3. The van der Waals surface area contributed by atoms with E-state index < -0.39 is 0 Å². The van der Waals surface area contributed by atoms with E-state index in [0.29, 0.717) is 33.0 Å². The highest BCUT2D eigenvalue weighted by atomic mass is 35.5. The highest BCUT2D eigenvalue weighted by Gasteiger charge is 2.15. The predicted molar refractivity (Wildman–Crippen MR) is 108 cm³/mol. The van der Waals surface area contributed by atoms with Gasteiger partial charge in [0.25, 0.3) is 0 Å². The van der Waals surface area contributed by atoms with Crippen LogP contribution in [0.5, 0.6) is 5.75 Å². The zero-order valence-electron chi connectivity index (χ0n) is 15.1. The fraction of sp³-hybridized carbons (Fsp3) is 0.167. The maximum absolute atomic E-state index is 13.1. The number of nitrogen functional groups attached to an aromatic ring is 1. The van der Waals surface area contributed by atoms with E-state index in [-0.39, 0.29) is 17.5 Å². The lowest BCUT2D eigenvalue weighted by atomic mass is 10.2. The van der Waals surface area contributed by atoms with Gasteiger partial charge in [-0.05, 0) is 42.8 Å². The predicted octanol–water partition coefficient (Wildman–Crippen LogP) is 3.50. The van der Waals surface area contributed by atoms with Crippen LogP contribution in [0.4, 0.5) is 10.1 Å². The topological polar surface area (TPSA) is 95.1 Å². The van der Waals surface area contributed by atoms with Crippen molar-refractivity contribution < 1.29 is 13.9 Å². The van der Waals surface area contributed by atoms with Crippen LogP contribution in [0.2, 0.25) is 5.02 Å². The Labute approximate surface area is 170 Å². The van der Waals surface area contributed by atoms with Gasteiger partial charge in [0.15, 0.2) is 5.82 Å². The number of anilines is 1. The van der Waals surface area contributed by atoms with Gasteiger partial charge in [0, 0.05) is 16.7 Å². The number of halogens is 2. The fourth-order valence-electron chi connectivity index (χ4n) is 2.42. The molecule has 0 unspecified atom stereocenters. The third kappa shape index (κ3) is 4.37. The number of carbonyl (C=O) groups excluding carboxylic acids is 1. The molecular weight excluding hydrogens is 405 g/mol. The third-order valence-electron chi connectivity index (χ3n) is 3.85. The lowest BCUT2D eigenvalue weighted by Gasteiger charge is -2.12. The SMILES string of the molecule is COc1cc(Cl)c(C)cc1NC(=O)CSc1nnc(-c2ccc(F)cc2)n1N. The average molecular weight is 422 g/mol. The summed E-state index contributed by atoms with van der Waals surface area (Å²) in [5.41, 5.74) is 1.96. The van der Waals surface area contributed by atoms with E-state index in [1.54, 1.807) is 24.3 Å². The van der Waals surface area contributed by atoms with Crippen molar-refractivity contribution in [1.82, 2.24) is 14.9 Å². The number of benzene rings is 2. The molecule has 3 N–H and O–H groups in total. The number of hydrogen-bond donors (Lipinski definition) is 2. The first-order valence-electron chi connectivity index (χ1n) is 8.12. The lowest BCUT2D eigenvalue weighted by Crippen LogP contribution is -2.17. The molecule has 10 heteroatoms. The highest BCUT2D eigenvalue weighted by Crippen LogP contribution is 2.31. The molecule has 3 aromatic rings. The van der Waals surface area contributed by atoms with Crippen LogP contribution in [0.15, 0.2) is 41.6 Å². The molecule has 1 heterocycles. The van der Waals surface area contributed by atoms with Gasteiger partial charge in [0.2, 0.25) is 11.1 Å². The number of methoxy groups -OCH3 is 1. The van der Waals surface area contributed by atoms with Crippen LogP contribution >= 0.6 is 23.4 Å². The second-order valence-electron chi connectivity index (χ2n) is 5.82. The van der Waals surface area contributed by atoms with E-state index in [2.05, 4.69) is 15.5 Å². The quantitative estimate of drug-likeness (QED) is 0.467. The molecule has 0 aliphatic rings. The van der Waals surface area contributed by atoms with Crippen molar-refractivity contribution in [3.05, 3.63) is 52.8 Å². The molecule has 0 fully saturated rings. The van der Waals surface area contributed by atoms with Gasteiger partial charge in [-0.3, -0.25) is 4.79 Å². The minimum atomic E-state index is -0.356. The molecule has 7 nitrogen and oxygen atoms in total. The van der Waals surface area contributed by atoms with Crippen LogP contribution < -0.4 is 15.9 Å². The molecule has 0 saturated heterocycles. The normalized spacial score (nSPS) is 10.7. The van der Waals surface area contributed by atoms with Gasteiger partial charge in [0.05, 0.1) is 18.6 Å². The monoisotopic (exact) mass is 421 g/mol. The van der Waals surface area contributed by atoms with Crippen molar-refractivity contribution in [2.24, 2.45) is 0 Å². The molecule has 0 radical (unpaired) electrons. The molecule has 28 heavy (non-hydrogen) atoms. The number of aryl methyl sites for hydroxylation is 1. The Balaban J connectivity index is 1.67. The number of aromatic nitrogens is 3. The van der Waals surface area contributed by atoms with Crippen molar-refractivity contribution >= 4 is 35.0 Å². The van der Waals surface area contributed by atoms with Crippen LogP contribution in [-0.4, -0.2) is 33.6 Å². The molecule has 1 aromatic heterocycles. The molecule has 3 rings (SSSR count). The molecule has 2 aromatic carbocycles. The first kappa shape index (κ1) is 20.0. The van der Waals surface area contributed by atoms with E-state index in [0.717, 1.165) is 17.3 Å². The summed E-state index contributed by atoms with van der Waals surface area (Å²) >= 11 is 7.20. The molecule has 0 saturated carbocycles. The summed E-state index contributed by atoms with van der Waals surface area (Å²) in [6, 6.07) is 9.11. The number of amides is 1. The number of thioether (sulfide) groups is 1. The van der Waals surface area contributed by atoms with Gasteiger partial charge >= 0.3 is 0 Å². The third-order valence-corrected chi connectivity index (χ3v) is 5.20. The molecule has 146 valence electrons. The summed E-state index contributed by atoms with van der Waals surface area (Å²) in [5, 5.41) is 11.7. The standard InChI is InChI=1S/C18H17ClFN5O2S/c1-10-7-14(15(27-2)8-13(10)19)22-16(26)9-28-18-24-23-17(25(18)21)11-3-5-12(20)6-4-11/h3-8H,9,21H2,1-2H3,(H,22,26). The highest BCUT2D eigenvalue weighted by molar-refractivity contribution is 7.99. The van der Waals surface area contributed by atoms with Crippen LogP contribution in [0, 0.1) is 12.7 Å². The lowest BCUT2D eigenvalue weighted by molar-refractivity contribution is -0.113. The Bertz CT molecular complexity index is 1010. The smallest absolute Gasteiger partial charge is 0.234 e. The molecule has 0 aliphatic carbocycles. The van der Waals surface area contributed by atoms with Gasteiger partial charge in [-0.1, -0.05) is 23.4 Å². The second kappa shape index (κ2) is 8.49. The Morgan fingerprint density at radius 3 is 2.71 bits per heavy atom. The van der Waals surface area contributed by atoms with Gasteiger partial charge in [-0.25, -0.2) is 9.07 Å². The van der Waals surface area contributed by atoms with Crippen molar-refractivity contribution in [3.63, 3.8) is 0 Å². The fourth-order valence-corrected chi connectivity index (χ4v) is 3.23. The maximum atomic E-state index is 13.1. The largest absolute Gasteiger partial charge is 0.495 e. The second-order valence-corrected chi connectivity index (χ2v) is 7.17. The molecule has 0 bridgehead atoms. The molecule has 0 atom stereocenters. The minimum Gasteiger partial charge on any atom is -0.495 e. The zero-order valence-corrected chi connectivity index (χ0v) is 16.6. The minimum absolute atomic E-state index is 0.0591. The van der Waals surface area contributed by atoms with Gasteiger partial charge < -0.3 is 15.9 Å². The number of nitrogens with two attached hydrogens (primary N) is 1.